The molecule has 5 heteroatoms. The number of amides is 1. The highest BCUT2D eigenvalue weighted by Gasteiger charge is 2.32. The van der Waals surface area contributed by atoms with E-state index in [0.29, 0.717) is 23.6 Å². The first-order valence-corrected chi connectivity index (χ1v) is 6.35. The van der Waals surface area contributed by atoms with Crippen molar-refractivity contribution in [2.24, 2.45) is 0 Å². The van der Waals surface area contributed by atoms with Crippen LogP contribution in [-0.4, -0.2) is 49.3 Å². The Hall–Kier alpha value is -1.75. The highest BCUT2D eigenvalue weighted by molar-refractivity contribution is 5.95. The highest BCUT2D eigenvalue weighted by atomic mass is 16.5. The Morgan fingerprint density at radius 1 is 1.32 bits per heavy atom. The molecule has 0 heterocycles. The summed E-state index contributed by atoms with van der Waals surface area (Å²) in [6.07, 6.45) is 2.03. The second-order valence-electron chi connectivity index (χ2n) is 4.52. The van der Waals surface area contributed by atoms with Crippen LogP contribution in [0.4, 0.5) is 0 Å². The van der Waals surface area contributed by atoms with Crippen molar-refractivity contribution in [3.05, 3.63) is 23.8 Å². The fourth-order valence-electron chi connectivity index (χ4n) is 2.08. The van der Waals surface area contributed by atoms with Crippen molar-refractivity contribution in [1.29, 1.82) is 0 Å². The first-order chi connectivity index (χ1) is 9.21. The zero-order valence-electron chi connectivity index (χ0n) is 11.3. The molecule has 0 atom stereocenters. The van der Waals surface area contributed by atoms with E-state index in [-0.39, 0.29) is 18.6 Å². The Morgan fingerprint density at radius 3 is 2.53 bits per heavy atom. The lowest BCUT2D eigenvalue weighted by Crippen LogP contribution is -2.35. The highest BCUT2D eigenvalue weighted by Crippen LogP contribution is 2.31. The Bertz CT molecular complexity index is 457. The van der Waals surface area contributed by atoms with E-state index in [2.05, 4.69) is 0 Å². The van der Waals surface area contributed by atoms with Gasteiger partial charge in [0, 0.05) is 18.2 Å². The normalized spacial score (nSPS) is 14.1. The van der Waals surface area contributed by atoms with E-state index >= 15 is 0 Å². The molecule has 1 aromatic carbocycles. The van der Waals surface area contributed by atoms with E-state index < -0.39 is 0 Å². The van der Waals surface area contributed by atoms with Crippen LogP contribution in [0.25, 0.3) is 0 Å². The van der Waals surface area contributed by atoms with Crippen LogP contribution in [0.2, 0.25) is 0 Å². The van der Waals surface area contributed by atoms with Gasteiger partial charge in [0.05, 0.1) is 20.8 Å². The summed E-state index contributed by atoms with van der Waals surface area (Å²) in [6.45, 7) is 0.355. The average molecular weight is 265 g/mol. The van der Waals surface area contributed by atoms with E-state index in [1.54, 1.807) is 37.3 Å². The number of benzene rings is 1. The van der Waals surface area contributed by atoms with E-state index in [4.69, 9.17) is 14.6 Å². The van der Waals surface area contributed by atoms with E-state index in [0.717, 1.165) is 12.8 Å². The average Bonchev–Trinajstić information content (AvgIpc) is 3.27. The van der Waals surface area contributed by atoms with E-state index in [1.807, 2.05) is 0 Å². The van der Waals surface area contributed by atoms with Crippen LogP contribution < -0.4 is 9.47 Å². The molecule has 19 heavy (non-hydrogen) atoms. The Morgan fingerprint density at radius 2 is 2.00 bits per heavy atom. The zero-order valence-corrected chi connectivity index (χ0v) is 11.3. The molecule has 0 spiro atoms. The second kappa shape index (κ2) is 5.93. The van der Waals surface area contributed by atoms with Gasteiger partial charge in [-0.1, -0.05) is 0 Å². The summed E-state index contributed by atoms with van der Waals surface area (Å²) in [5.74, 6) is 1.06. The molecule has 0 aliphatic heterocycles. The topological polar surface area (TPSA) is 59.0 Å². The van der Waals surface area contributed by atoms with Crippen molar-refractivity contribution >= 4 is 5.91 Å². The molecule has 1 aliphatic carbocycles. The van der Waals surface area contributed by atoms with Crippen molar-refractivity contribution < 1.29 is 19.4 Å². The van der Waals surface area contributed by atoms with E-state index in [1.165, 1.54) is 0 Å². The summed E-state index contributed by atoms with van der Waals surface area (Å²) in [6, 6.07) is 5.38. The maximum atomic E-state index is 12.4. The molecule has 104 valence electrons. The smallest absolute Gasteiger partial charge is 0.254 e. The summed E-state index contributed by atoms with van der Waals surface area (Å²) < 4.78 is 10.3. The largest absolute Gasteiger partial charge is 0.493 e. The first kappa shape index (κ1) is 13.7. The van der Waals surface area contributed by atoms with Gasteiger partial charge in [0.2, 0.25) is 0 Å². The summed E-state index contributed by atoms with van der Waals surface area (Å²) in [5.41, 5.74) is 0.554. The molecule has 1 fully saturated rings. The van der Waals surface area contributed by atoms with Crippen molar-refractivity contribution in [2.75, 3.05) is 27.4 Å². The molecule has 1 amide bonds. The number of carbonyl (C=O) groups excluding carboxylic acids is 1. The molecule has 0 radical (unpaired) electrons. The molecule has 2 rings (SSSR count). The van der Waals surface area contributed by atoms with E-state index in [9.17, 15) is 4.79 Å². The lowest BCUT2D eigenvalue weighted by atomic mass is 10.1. The van der Waals surface area contributed by atoms with Crippen LogP contribution >= 0.6 is 0 Å². The number of nitrogens with zero attached hydrogens (tertiary/aromatic N) is 1. The van der Waals surface area contributed by atoms with Crippen molar-refractivity contribution in [3.8, 4) is 11.5 Å². The maximum absolute atomic E-state index is 12.4. The van der Waals surface area contributed by atoms with Gasteiger partial charge in [-0.3, -0.25) is 4.79 Å². The number of hydrogen-bond acceptors (Lipinski definition) is 4. The standard InChI is InChI=1S/C14H19NO4/c1-18-12-6-3-10(9-13(12)19-2)14(17)15(7-8-16)11-4-5-11/h3,6,9,11,16H,4-5,7-8H2,1-2H3. The molecule has 0 bridgehead atoms. The van der Waals surface area contributed by atoms with Gasteiger partial charge in [-0.25, -0.2) is 0 Å². The van der Waals surface area contributed by atoms with Gasteiger partial charge >= 0.3 is 0 Å². The van der Waals surface area contributed by atoms with Gasteiger partial charge in [0.25, 0.3) is 5.91 Å². The molecule has 0 unspecified atom stereocenters. The van der Waals surface area contributed by atoms with Gasteiger partial charge in [-0.15, -0.1) is 0 Å². The molecule has 0 aromatic heterocycles. The SMILES string of the molecule is COc1ccc(C(=O)N(CCO)C2CC2)cc1OC. The van der Waals surface area contributed by atoms with Gasteiger partial charge < -0.3 is 19.5 Å². The lowest BCUT2D eigenvalue weighted by molar-refractivity contribution is 0.0707. The number of aliphatic hydroxyl groups excluding tert-OH is 1. The lowest BCUT2D eigenvalue weighted by Gasteiger charge is -2.21. The second-order valence-corrected chi connectivity index (χ2v) is 4.52. The maximum Gasteiger partial charge on any atom is 0.254 e. The monoisotopic (exact) mass is 265 g/mol. The van der Waals surface area contributed by atoms with Crippen molar-refractivity contribution in [1.82, 2.24) is 4.90 Å². The first-order valence-electron chi connectivity index (χ1n) is 6.35. The van der Waals surface area contributed by atoms with Crippen LogP contribution in [0, 0.1) is 0 Å². The molecular weight excluding hydrogens is 246 g/mol. The fourth-order valence-corrected chi connectivity index (χ4v) is 2.08. The third kappa shape index (κ3) is 2.98. The number of hydrogen-bond donors (Lipinski definition) is 1. The number of aliphatic hydroxyl groups is 1. The number of carbonyl (C=O) groups is 1. The van der Waals surface area contributed by atoms with Crippen LogP contribution in [0.3, 0.4) is 0 Å². The predicted octanol–water partition coefficient (Wildman–Crippen LogP) is 1.30. The van der Waals surface area contributed by atoms with Crippen LogP contribution in [0.15, 0.2) is 18.2 Å². The summed E-state index contributed by atoms with van der Waals surface area (Å²) in [7, 11) is 3.10. The summed E-state index contributed by atoms with van der Waals surface area (Å²) in [5, 5.41) is 9.05. The van der Waals surface area contributed by atoms with Gasteiger partial charge in [-0.2, -0.15) is 0 Å². The zero-order chi connectivity index (χ0) is 13.8. The summed E-state index contributed by atoms with van der Waals surface area (Å²) in [4.78, 5) is 14.1. The summed E-state index contributed by atoms with van der Waals surface area (Å²) >= 11 is 0. The number of methoxy groups -OCH3 is 2. The minimum absolute atomic E-state index is 0.0183. The molecule has 1 aliphatic rings. The van der Waals surface area contributed by atoms with Gasteiger partial charge in [-0.05, 0) is 31.0 Å². The van der Waals surface area contributed by atoms with Crippen molar-refractivity contribution in [3.63, 3.8) is 0 Å². The number of rotatable bonds is 6. The minimum atomic E-state index is -0.0718. The molecular formula is C14H19NO4. The number of ether oxygens (including phenoxy) is 2. The Labute approximate surface area is 112 Å². The van der Waals surface area contributed by atoms with Gasteiger partial charge in [0.1, 0.15) is 0 Å². The molecule has 1 aromatic rings. The molecule has 1 N–H and O–H groups in total. The van der Waals surface area contributed by atoms with Crippen LogP contribution in [-0.2, 0) is 0 Å². The quantitative estimate of drug-likeness (QED) is 0.842. The minimum Gasteiger partial charge on any atom is -0.493 e. The van der Waals surface area contributed by atoms with Crippen LogP contribution in [0.1, 0.15) is 23.2 Å². The molecule has 5 nitrogen and oxygen atoms in total. The Balaban J connectivity index is 2.22. The third-order valence-electron chi connectivity index (χ3n) is 3.22. The Kier molecular flexibility index (Phi) is 4.27. The fraction of sp³-hybridized carbons (Fsp3) is 0.500. The van der Waals surface area contributed by atoms with Gasteiger partial charge in [0.15, 0.2) is 11.5 Å². The molecule has 0 saturated heterocycles. The predicted molar refractivity (Wildman–Crippen MR) is 70.7 cm³/mol. The third-order valence-corrected chi connectivity index (χ3v) is 3.22. The molecule has 1 saturated carbocycles. The van der Waals surface area contributed by atoms with Crippen molar-refractivity contribution in [2.45, 2.75) is 18.9 Å². The van der Waals surface area contributed by atoms with Crippen LogP contribution in [0.5, 0.6) is 11.5 Å².